The maximum atomic E-state index is 12.2. The van der Waals surface area contributed by atoms with E-state index in [-0.39, 0.29) is 19.1 Å². The number of carbonyl (C=O) groups excluding carboxylic acids is 2. The minimum atomic E-state index is -0.664. The van der Waals surface area contributed by atoms with Gasteiger partial charge >= 0.3 is 6.09 Å². The summed E-state index contributed by atoms with van der Waals surface area (Å²) >= 11 is 0. The average molecular weight is 485 g/mol. The number of carbonyl (C=O) groups is 2. The molecule has 36 heavy (non-hydrogen) atoms. The van der Waals surface area contributed by atoms with Gasteiger partial charge in [0, 0.05) is 18.2 Å². The summed E-state index contributed by atoms with van der Waals surface area (Å²) in [4.78, 5) is 23.1. The van der Waals surface area contributed by atoms with Gasteiger partial charge in [0.1, 0.15) is 24.2 Å². The number of nitrogens with zero attached hydrogens (tertiary/aromatic N) is 3. The molecule has 0 aliphatic carbocycles. The molecule has 0 aliphatic rings. The number of benzene rings is 2. The first-order valence-corrected chi connectivity index (χ1v) is 11.1. The molecule has 0 atom stereocenters. The minimum Gasteiger partial charge on any atom is -0.457 e. The molecule has 3 N–H and O–H groups in total. The van der Waals surface area contributed by atoms with Gasteiger partial charge < -0.3 is 20.1 Å². The van der Waals surface area contributed by atoms with Crippen LogP contribution >= 0.6 is 0 Å². The van der Waals surface area contributed by atoms with Crippen molar-refractivity contribution in [3.63, 3.8) is 0 Å². The van der Waals surface area contributed by atoms with E-state index < -0.39 is 6.09 Å². The van der Waals surface area contributed by atoms with Crippen molar-refractivity contribution in [3.05, 3.63) is 78.1 Å². The highest BCUT2D eigenvalue weighted by molar-refractivity contribution is 5.92. The molecule has 182 valence electrons. The van der Waals surface area contributed by atoms with Crippen LogP contribution in [0.5, 0.6) is 11.5 Å². The fourth-order valence-electron chi connectivity index (χ4n) is 3.52. The normalized spacial score (nSPS) is 10.4. The van der Waals surface area contributed by atoms with E-state index in [2.05, 4.69) is 27.1 Å². The molecule has 0 bridgehead atoms. The molecule has 2 aromatic carbocycles. The molecule has 0 radical (unpaired) electrons. The summed E-state index contributed by atoms with van der Waals surface area (Å²) < 4.78 is 12.5. The Morgan fingerprint density at radius 3 is 2.50 bits per heavy atom. The number of hydrogen-bond donors (Lipinski definition) is 3. The molecule has 10 nitrogen and oxygen atoms in total. The third-order valence-corrected chi connectivity index (χ3v) is 5.23. The van der Waals surface area contributed by atoms with Crippen molar-refractivity contribution in [1.82, 2.24) is 14.9 Å². The standard InChI is InChI=1S/C26H24N6O4/c1-17-23(31-26(34)35-13-12-28-18(2)33)16-32-25(17)24(19(14-27)15-29-32)30-20-8-10-22(11-9-20)36-21-6-4-3-5-7-21/h3-11,15-16,30H,12-13H2,1-2H3,(H,28,33)(H,31,34). The Balaban J connectivity index is 1.53. The van der Waals surface area contributed by atoms with Crippen LogP contribution in [-0.2, 0) is 9.53 Å². The van der Waals surface area contributed by atoms with Gasteiger partial charge in [0.25, 0.3) is 0 Å². The Kier molecular flexibility index (Phi) is 7.31. The van der Waals surface area contributed by atoms with Crippen LogP contribution in [0.15, 0.2) is 67.0 Å². The highest BCUT2D eigenvalue weighted by Crippen LogP contribution is 2.33. The first-order valence-electron chi connectivity index (χ1n) is 11.1. The molecule has 0 unspecified atom stereocenters. The number of amides is 2. The number of anilines is 3. The third kappa shape index (κ3) is 5.71. The van der Waals surface area contributed by atoms with Crippen molar-refractivity contribution in [3.8, 4) is 17.6 Å². The van der Waals surface area contributed by atoms with Gasteiger partial charge in [-0.15, -0.1) is 0 Å². The number of ether oxygens (including phenoxy) is 2. The average Bonchev–Trinajstić information content (AvgIpc) is 3.19. The Bertz CT molecular complexity index is 1430. The fourth-order valence-corrected chi connectivity index (χ4v) is 3.52. The SMILES string of the molecule is CC(=O)NCCOC(=O)Nc1cn2ncc(C#N)c(Nc3ccc(Oc4ccccc4)cc3)c2c1C. The number of nitrogens with one attached hydrogen (secondary N) is 3. The zero-order chi connectivity index (χ0) is 25.5. The Morgan fingerprint density at radius 1 is 1.08 bits per heavy atom. The van der Waals surface area contributed by atoms with Crippen LogP contribution in [0.2, 0.25) is 0 Å². The fraction of sp³-hybridized carbons (Fsp3) is 0.154. The highest BCUT2D eigenvalue weighted by atomic mass is 16.5. The van der Waals surface area contributed by atoms with E-state index in [1.54, 1.807) is 10.7 Å². The van der Waals surface area contributed by atoms with Gasteiger partial charge in [0.15, 0.2) is 0 Å². The predicted molar refractivity (Wildman–Crippen MR) is 135 cm³/mol. The first-order chi connectivity index (χ1) is 17.4. The quantitative estimate of drug-likeness (QED) is 0.308. The lowest BCUT2D eigenvalue weighted by Gasteiger charge is -2.12. The number of fused-ring (bicyclic) bond motifs is 1. The number of nitriles is 1. The molecule has 0 spiro atoms. The molecule has 0 saturated heterocycles. The number of aromatic nitrogens is 2. The molecule has 2 aromatic heterocycles. The van der Waals surface area contributed by atoms with Gasteiger partial charge in [-0.1, -0.05) is 18.2 Å². The van der Waals surface area contributed by atoms with Crippen molar-refractivity contribution in [2.45, 2.75) is 13.8 Å². The predicted octanol–water partition coefficient (Wildman–Crippen LogP) is 4.73. The van der Waals surface area contributed by atoms with Gasteiger partial charge in [0.05, 0.1) is 41.4 Å². The van der Waals surface area contributed by atoms with E-state index in [9.17, 15) is 14.9 Å². The summed E-state index contributed by atoms with van der Waals surface area (Å²) in [6, 6.07) is 19.0. The minimum absolute atomic E-state index is 0.0332. The van der Waals surface area contributed by atoms with Crippen LogP contribution in [0.4, 0.5) is 21.9 Å². The first kappa shape index (κ1) is 24.1. The van der Waals surface area contributed by atoms with Gasteiger partial charge in [-0.3, -0.25) is 10.1 Å². The van der Waals surface area contributed by atoms with Gasteiger partial charge in [0.2, 0.25) is 5.91 Å². The summed E-state index contributed by atoms with van der Waals surface area (Å²) in [6.45, 7) is 3.45. The molecule has 2 amide bonds. The van der Waals surface area contributed by atoms with E-state index in [1.165, 1.54) is 13.1 Å². The lowest BCUT2D eigenvalue weighted by atomic mass is 10.1. The number of rotatable bonds is 8. The molecule has 0 saturated carbocycles. The molecular weight excluding hydrogens is 460 g/mol. The maximum Gasteiger partial charge on any atom is 0.411 e. The summed E-state index contributed by atoms with van der Waals surface area (Å²) in [7, 11) is 0. The molecule has 4 aromatic rings. The molecule has 2 heterocycles. The zero-order valence-electron chi connectivity index (χ0n) is 19.7. The number of para-hydroxylation sites is 1. The second kappa shape index (κ2) is 10.9. The molecule has 0 fully saturated rings. The lowest BCUT2D eigenvalue weighted by Crippen LogP contribution is -2.26. The molecule has 4 rings (SSSR count). The van der Waals surface area contributed by atoms with Gasteiger partial charge in [-0.25, -0.2) is 9.31 Å². The van der Waals surface area contributed by atoms with Crippen LogP contribution < -0.4 is 20.7 Å². The Hall–Kier alpha value is -5.04. The van der Waals surface area contributed by atoms with E-state index in [1.807, 2.05) is 61.5 Å². The largest absolute Gasteiger partial charge is 0.457 e. The van der Waals surface area contributed by atoms with Crippen molar-refractivity contribution in [2.24, 2.45) is 0 Å². The molecule has 10 heteroatoms. The Morgan fingerprint density at radius 2 is 1.81 bits per heavy atom. The zero-order valence-corrected chi connectivity index (χ0v) is 19.7. The Labute approximate surface area is 207 Å². The van der Waals surface area contributed by atoms with Crippen molar-refractivity contribution >= 4 is 34.6 Å². The summed E-state index contributed by atoms with van der Waals surface area (Å²) in [5, 5.41) is 22.5. The van der Waals surface area contributed by atoms with E-state index in [0.717, 1.165) is 11.4 Å². The van der Waals surface area contributed by atoms with Crippen LogP contribution in [0.3, 0.4) is 0 Å². The van der Waals surface area contributed by atoms with Crippen LogP contribution in [0, 0.1) is 18.3 Å². The maximum absolute atomic E-state index is 12.2. The topological polar surface area (TPSA) is 130 Å². The smallest absolute Gasteiger partial charge is 0.411 e. The van der Waals surface area contributed by atoms with Crippen molar-refractivity contribution in [1.29, 1.82) is 5.26 Å². The van der Waals surface area contributed by atoms with Gasteiger partial charge in [-0.2, -0.15) is 10.4 Å². The monoisotopic (exact) mass is 484 g/mol. The summed E-state index contributed by atoms with van der Waals surface area (Å²) in [5.74, 6) is 1.21. The summed E-state index contributed by atoms with van der Waals surface area (Å²) in [6.07, 6.45) is 2.43. The third-order valence-electron chi connectivity index (χ3n) is 5.23. The summed E-state index contributed by atoms with van der Waals surface area (Å²) in [5.41, 5.74) is 3.45. The highest BCUT2D eigenvalue weighted by Gasteiger charge is 2.17. The van der Waals surface area contributed by atoms with Gasteiger partial charge in [-0.05, 0) is 43.3 Å². The second-order valence-electron chi connectivity index (χ2n) is 7.81. The van der Waals surface area contributed by atoms with Crippen molar-refractivity contribution in [2.75, 3.05) is 23.8 Å². The van der Waals surface area contributed by atoms with Crippen LogP contribution in [0.1, 0.15) is 18.1 Å². The number of hydrogen-bond acceptors (Lipinski definition) is 7. The van der Waals surface area contributed by atoms with E-state index >= 15 is 0 Å². The van der Waals surface area contributed by atoms with Crippen molar-refractivity contribution < 1.29 is 19.1 Å². The van der Waals surface area contributed by atoms with Crippen LogP contribution in [-0.4, -0.2) is 34.8 Å². The van der Waals surface area contributed by atoms with E-state index in [4.69, 9.17) is 9.47 Å². The lowest BCUT2D eigenvalue weighted by molar-refractivity contribution is -0.119. The van der Waals surface area contributed by atoms with E-state index in [0.29, 0.717) is 33.8 Å². The second-order valence-corrected chi connectivity index (χ2v) is 7.81. The molecular formula is C26H24N6O4. The number of aryl methyl sites for hydroxylation is 1. The molecule has 0 aliphatic heterocycles. The van der Waals surface area contributed by atoms with Crippen LogP contribution in [0.25, 0.3) is 5.52 Å².